The summed E-state index contributed by atoms with van der Waals surface area (Å²) in [4.78, 5) is 21.1. The van der Waals surface area contributed by atoms with E-state index >= 15 is 0 Å². The minimum absolute atomic E-state index is 0.181. The SMILES string of the molecule is O=[N+]([O-])c1c([N+](=O)[O-])c(Br)c2nn(-c3cc(F)c(F)c(F)c3)nc2c1Br. The molecule has 0 amide bonds. The summed E-state index contributed by atoms with van der Waals surface area (Å²) in [6.07, 6.45) is 0. The summed E-state index contributed by atoms with van der Waals surface area (Å²) in [6, 6.07) is 1.20. The molecule has 9 nitrogen and oxygen atoms in total. The lowest BCUT2D eigenvalue weighted by Crippen LogP contribution is -2.02. The van der Waals surface area contributed by atoms with E-state index in [2.05, 4.69) is 42.1 Å². The lowest BCUT2D eigenvalue weighted by molar-refractivity contribution is -0.423. The Morgan fingerprint density at radius 2 is 1.27 bits per heavy atom. The minimum Gasteiger partial charge on any atom is -0.258 e. The van der Waals surface area contributed by atoms with Crippen LogP contribution in [-0.4, -0.2) is 24.8 Å². The zero-order valence-corrected chi connectivity index (χ0v) is 15.1. The Morgan fingerprint density at radius 3 is 1.62 bits per heavy atom. The number of nitro benzene ring substituents is 2. The molecule has 0 saturated carbocycles. The molecule has 0 atom stereocenters. The largest absolute Gasteiger partial charge is 0.363 e. The third-order valence-corrected chi connectivity index (χ3v) is 4.74. The summed E-state index contributed by atoms with van der Waals surface area (Å²) in [5, 5.41) is 30.1. The predicted molar refractivity (Wildman–Crippen MR) is 87.4 cm³/mol. The first-order valence-corrected chi connectivity index (χ1v) is 7.93. The van der Waals surface area contributed by atoms with Gasteiger partial charge in [0, 0.05) is 12.1 Å². The van der Waals surface area contributed by atoms with E-state index in [0.717, 1.165) is 0 Å². The van der Waals surface area contributed by atoms with Crippen LogP contribution in [0.2, 0.25) is 0 Å². The maximum Gasteiger partial charge on any atom is 0.363 e. The minimum atomic E-state index is -1.70. The van der Waals surface area contributed by atoms with Crippen LogP contribution in [-0.2, 0) is 0 Å². The summed E-state index contributed by atoms with van der Waals surface area (Å²) in [6.45, 7) is 0. The molecule has 0 aliphatic heterocycles. The van der Waals surface area contributed by atoms with Gasteiger partial charge in [0.05, 0.1) is 15.5 Å². The Labute approximate surface area is 157 Å². The van der Waals surface area contributed by atoms with Gasteiger partial charge in [0.1, 0.15) is 20.0 Å². The van der Waals surface area contributed by atoms with Gasteiger partial charge in [-0.15, -0.1) is 10.2 Å². The molecular formula is C12H2Br2F3N5O4. The van der Waals surface area contributed by atoms with Crippen molar-refractivity contribution in [3.8, 4) is 5.69 Å². The zero-order chi connectivity index (χ0) is 19.3. The summed E-state index contributed by atoms with van der Waals surface area (Å²) in [5.74, 6) is -4.70. The van der Waals surface area contributed by atoms with Gasteiger partial charge < -0.3 is 0 Å². The molecule has 1 aromatic heterocycles. The van der Waals surface area contributed by atoms with Gasteiger partial charge in [-0.05, 0) is 31.9 Å². The normalized spacial score (nSPS) is 11.1. The van der Waals surface area contributed by atoms with Crippen LogP contribution in [0.25, 0.3) is 16.7 Å². The predicted octanol–water partition coefficient (Wildman–Crippen LogP) is 4.18. The highest BCUT2D eigenvalue weighted by Gasteiger charge is 2.36. The van der Waals surface area contributed by atoms with Crippen molar-refractivity contribution in [2.75, 3.05) is 0 Å². The smallest absolute Gasteiger partial charge is 0.258 e. The third kappa shape index (κ3) is 2.70. The lowest BCUT2D eigenvalue weighted by Gasteiger charge is -2.01. The second-order valence-corrected chi connectivity index (χ2v) is 6.34. The third-order valence-electron chi connectivity index (χ3n) is 3.23. The molecule has 0 radical (unpaired) electrons. The van der Waals surface area contributed by atoms with Crippen molar-refractivity contribution < 1.29 is 23.0 Å². The fourth-order valence-corrected chi connectivity index (χ4v) is 3.34. The number of nitro groups is 2. The average molecular weight is 497 g/mol. The number of fused-ring (bicyclic) bond motifs is 1. The van der Waals surface area contributed by atoms with Crippen LogP contribution < -0.4 is 0 Å². The quantitative estimate of drug-likeness (QED) is 0.305. The Morgan fingerprint density at radius 1 is 0.885 bits per heavy atom. The molecule has 0 aliphatic carbocycles. The van der Waals surface area contributed by atoms with Crippen LogP contribution in [0.4, 0.5) is 24.5 Å². The summed E-state index contributed by atoms with van der Waals surface area (Å²) >= 11 is 5.74. The highest BCUT2D eigenvalue weighted by molar-refractivity contribution is 9.11. The average Bonchev–Trinajstić information content (AvgIpc) is 3.00. The van der Waals surface area contributed by atoms with E-state index < -0.39 is 38.7 Å². The molecule has 0 bridgehead atoms. The molecular weight excluding hydrogens is 495 g/mol. The second-order valence-electron chi connectivity index (χ2n) is 4.75. The molecule has 14 heteroatoms. The van der Waals surface area contributed by atoms with Gasteiger partial charge in [0.2, 0.25) is 0 Å². The summed E-state index contributed by atoms with van der Waals surface area (Å²) in [5.41, 5.74) is -2.45. The monoisotopic (exact) mass is 495 g/mol. The van der Waals surface area contributed by atoms with Gasteiger partial charge in [0.15, 0.2) is 17.5 Å². The van der Waals surface area contributed by atoms with Crippen LogP contribution in [0.5, 0.6) is 0 Å². The van der Waals surface area contributed by atoms with Crippen molar-refractivity contribution in [2.45, 2.75) is 0 Å². The van der Waals surface area contributed by atoms with Crippen LogP contribution in [0.15, 0.2) is 21.1 Å². The van der Waals surface area contributed by atoms with Crippen molar-refractivity contribution >= 4 is 54.3 Å². The zero-order valence-electron chi connectivity index (χ0n) is 11.9. The molecule has 0 spiro atoms. The first kappa shape index (κ1) is 18.2. The van der Waals surface area contributed by atoms with E-state index in [1.807, 2.05) is 0 Å². The first-order valence-electron chi connectivity index (χ1n) is 6.35. The van der Waals surface area contributed by atoms with Crippen molar-refractivity contribution in [2.24, 2.45) is 0 Å². The molecule has 0 saturated heterocycles. The van der Waals surface area contributed by atoms with Crippen molar-refractivity contribution in [1.82, 2.24) is 15.0 Å². The molecule has 0 unspecified atom stereocenters. The van der Waals surface area contributed by atoms with E-state index in [4.69, 9.17) is 0 Å². The van der Waals surface area contributed by atoms with Crippen LogP contribution in [0, 0.1) is 37.7 Å². The molecule has 0 fully saturated rings. The van der Waals surface area contributed by atoms with Crippen LogP contribution in [0.3, 0.4) is 0 Å². The topological polar surface area (TPSA) is 117 Å². The molecule has 1 heterocycles. The van der Waals surface area contributed by atoms with E-state index in [-0.39, 0.29) is 25.7 Å². The molecule has 134 valence electrons. The Hall–Kier alpha value is -2.61. The highest BCUT2D eigenvalue weighted by atomic mass is 79.9. The van der Waals surface area contributed by atoms with Gasteiger partial charge in [-0.1, -0.05) is 0 Å². The van der Waals surface area contributed by atoms with Gasteiger partial charge in [-0.3, -0.25) is 20.2 Å². The standard InChI is InChI=1S/C12H2Br2F3N5O4/c13-6-9-10(7(14)12(22(25)26)11(6)21(23)24)19-20(18-9)3-1-4(15)8(17)5(16)2-3/h1-2H. The number of halogens is 5. The summed E-state index contributed by atoms with van der Waals surface area (Å²) < 4.78 is 39.2. The van der Waals surface area contributed by atoms with Gasteiger partial charge in [-0.25, -0.2) is 13.2 Å². The Bertz CT molecular complexity index is 1040. The molecule has 0 N–H and O–H groups in total. The first-order chi connectivity index (χ1) is 12.1. The maximum atomic E-state index is 13.4. The van der Waals surface area contributed by atoms with Gasteiger partial charge >= 0.3 is 11.4 Å². The van der Waals surface area contributed by atoms with Crippen LogP contribution >= 0.6 is 31.9 Å². The number of benzene rings is 2. The van der Waals surface area contributed by atoms with Crippen LogP contribution in [0.1, 0.15) is 0 Å². The van der Waals surface area contributed by atoms with Gasteiger partial charge in [-0.2, -0.15) is 4.80 Å². The fourth-order valence-electron chi connectivity index (χ4n) is 2.14. The lowest BCUT2D eigenvalue weighted by atomic mass is 10.2. The van der Waals surface area contributed by atoms with Crippen molar-refractivity contribution in [1.29, 1.82) is 0 Å². The fraction of sp³-hybridized carbons (Fsp3) is 0. The van der Waals surface area contributed by atoms with Crippen molar-refractivity contribution in [3.05, 3.63) is 58.8 Å². The molecule has 2 aromatic carbocycles. The van der Waals surface area contributed by atoms with Gasteiger partial charge in [0.25, 0.3) is 0 Å². The Kier molecular flexibility index (Phi) is 4.39. The summed E-state index contributed by atoms with van der Waals surface area (Å²) in [7, 11) is 0. The maximum absolute atomic E-state index is 13.4. The number of rotatable bonds is 3. The molecule has 26 heavy (non-hydrogen) atoms. The molecule has 3 rings (SSSR count). The number of hydrogen-bond acceptors (Lipinski definition) is 6. The van der Waals surface area contributed by atoms with E-state index in [9.17, 15) is 33.4 Å². The van der Waals surface area contributed by atoms with E-state index in [1.165, 1.54) is 0 Å². The number of nitrogens with zero attached hydrogens (tertiary/aromatic N) is 5. The second kappa shape index (κ2) is 6.28. The van der Waals surface area contributed by atoms with Crippen molar-refractivity contribution in [3.63, 3.8) is 0 Å². The van der Waals surface area contributed by atoms with E-state index in [0.29, 0.717) is 16.9 Å². The molecule has 3 aromatic rings. The number of aromatic nitrogens is 3. The molecule has 0 aliphatic rings. The van der Waals surface area contributed by atoms with E-state index in [1.54, 1.807) is 0 Å². The number of hydrogen-bond donors (Lipinski definition) is 0. The highest BCUT2D eigenvalue weighted by Crippen LogP contribution is 2.45. The Balaban J connectivity index is 2.37.